The number of para-hydroxylation sites is 2. The minimum Gasteiger partial charge on any atom is -0.873 e. The van der Waals surface area contributed by atoms with E-state index in [2.05, 4.69) is 57.8 Å². The molecule has 43 heavy (non-hydrogen) atoms. The van der Waals surface area contributed by atoms with Crippen LogP contribution in [0.2, 0.25) is 25.7 Å². The fourth-order valence-electron chi connectivity index (χ4n) is 4.63. The molecule has 0 radical (unpaired) electrons. The summed E-state index contributed by atoms with van der Waals surface area (Å²) in [5.41, 5.74) is 6.48. The van der Waals surface area contributed by atoms with Crippen LogP contribution in [0.1, 0.15) is 83.3 Å². The molecule has 6 heteroatoms. The number of rotatable bonds is 15. The van der Waals surface area contributed by atoms with Crippen LogP contribution in [0.4, 0.5) is 11.4 Å². The monoisotopic (exact) mass is 642 g/mol. The second kappa shape index (κ2) is 21.1. The average molecular weight is 644 g/mol. The molecule has 0 aliphatic heterocycles. The molecular weight excluding hydrogens is 591 g/mol. The molecule has 3 aromatic rings. The number of benzene rings is 3. The van der Waals surface area contributed by atoms with Crippen molar-refractivity contribution in [1.29, 1.82) is 0 Å². The molecule has 0 atom stereocenters. The SMILES string of the molecule is CCCCCCC(=Nc1ccccc1)C(CCCC)=Nc1ccccc1.CCc1cc([O-])c([O-])cc1CC[Si](C)(C)C.[Ni+2]. The molecule has 0 heterocycles. The Labute approximate surface area is 272 Å². The Morgan fingerprint density at radius 1 is 0.628 bits per heavy atom. The molecule has 4 nitrogen and oxygen atoms in total. The van der Waals surface area contributed by atoms with Crippen LogP contribution in [-0.4, -0.2) is 19.5 Å². The van der Waals surface area contributed by atoms with Crippen molar-refractivity contribution in [3.05, 3.63) is 83.9 Å². The molecule has 0 bridgehead atoms. The van der Waals surface area contributed by atoms with Crippen LogP contribution in [0, 0.1) is 0 Å². The van der Waals surface area contributed by atoms with Crippen LogP contribution in [0.5, 0.6) is 11.5 Å². The van der Waals surface area contributed by atoms with Crippen molar-refractivity contribution in [2.45, 2.75) is 111 Å². The summed E-state index contributed by atoms with van der Waals surface area (Å²) in [4.78, 5) is 9.97. The van der Waals surface area contributed by atoms with Crippen LogP contribution in [0.3, 0.4) is 0 Å². The smallest absolute Gasteiger partial charge is 0.873 e. The minimum absolute atomic E-state index is 0. The third kappa shape index (κ3) is 15.6. The molecule has 0 saturated heterocycles. The molecule has 0 N–H and O–H groups in total. The van der Waals surface area contributed by atoms with Crippen molar-refractivity contribution in [3.63, 3.8) is 0 Å². The summed E-state index contributed by atoms with van der Waals surface area (Å²) in [5, 5.41) is 22.6. The number of nitrogens with zero attached hydrogens (tertiary/aromatic N) is 2. The van der Waals surface area contributed by atoms with Gasteiger partial charge in [0.2, 0.25) is 0 Å². The molecule has 0 aromatic heterocycles. The number of unbranched alkanes of at least 4 members (excludes halogenated alkanes) is 4. The first-order chi connectivity index (χ1) is 20.2. The van der Waals surface area contributed by atoms with Crippen LogP contribution < -0.4 is 10.2 Å². The van der Waals surface area contributed by atoms with Gasteiger partial charge in [-0.25, -0.2) is 0 Å². The molecule has 0 unspecified atom stereocenters. The zero-order valence-electron chi connectivity index (χ0n) is 27.2. The van der Waals surface area contributed by atoms with Crippen LogP contribution in [0.15, 0.2) is 82.8 Å². The second-order valence-corrected chi connectivity index (χ2v) is 17.8. The van der Waals surface area contributed by atoms with Gasteiger partial charge in [0.25, 0.3) is 0 Å². The zero-order chi connectivity index (χ0) is 30.8. The molecular formula is C37H52N2NiO2Si. The average Bonchev–Trinajstić information content (AvgIpc) is 2.98. The molecule has 3 rings (SSSR count). The van der Waals surface area contributed by atoms with E-state index in [1.54, 1.807) is 6.07 Å². The van der Waals surface area contributed by atoms with Gasteiger partial charge in [0.1, 0.15) is 0 Å². The predicted octanol–water partition coefficient (Wildman–Crippen LogP) is 9.97. The number of hydrogen-bond donors (Lipinski definition) is 0. The van der Waals surface area contributed by atoms with E-state index < -0.39 is 8.07 Å². The summed E-state index contributed by atoms with van der Waals surface area (Å²) in [5.74, 6) is -0.726. The van der Waals surface area contributed by atoms with E-state index in [4.69, 9.17) is 9.98 Å². The van der Waals surface area contributed by atoms with Gasteiger partial charge in [-0.05, 0) is 73.9 Å². The number of hydrogen-bond acceptors (Lipinski definition) is 4. The normalized spacial score (nSPS) is 11.9. The van der Waals surface area contributed by atoms with Crippen molar-refractivity contribution >= 4 is 30.9 Å². The van der Waals surface area contributed by atoms with Crippen LogP contribution in [0.25, 0.3) is 0 Å². The van der Waals surface area contributed by atoms with Gasteiger partial charge in [-0.3, -0.25) is 9.98 Å². The van der Waals surface area contributed by atoms with Crippen LogP contribution >= 0.6 is 0 Å². The Morgan fingerprint density at radius 2 is 1.09 bits per heavy atom. The van der Waals surface area contributed by atoms with Gasteiger partial charge in [-0.1, -0.05) is 121 Å². The van der Waals surface area contributed by atoms with E-state index in [9.17, 15) is 10.2 Å². The maximum Gasteiger partial charge on any atom is 2.00 e. The Kier molecular flexibility index (Phi) is 18.8. The van der Waals surface area contributed by atoms with E-state index in [1.807, 2.05) is 43.3 Å². The molecule has 0 amide bonds. The standard InChI is InChI=1S/C24H32N2.C13H22O2Si.Ni/c1-3-5-7-14-20-24(26-22-17-12-9-13-18-22)23(19-6-4-2)25-21-15-10-8-11-16-21;1-5-10-8-12(14)13(15)9-11(10)6-7-16(2,3)4;/h8-13,15-18H,3-7,14,19-20H2,1-2H3;8-9,14-15H,5-7H2,1-4H3;/q;;+2/p-2. The van der Waals surface area contributed by atoms with Crippen LogP contribution in [-0.2, 0) is 29.3 Å². The van der Waals surface area contributed by atoms with E-state index in [0.29, 0.717) is 0 Å². The fourth-order valence-corrected chi connectivity index (χ4v) is 5.64. The summed E-state index contributed by atoms with van der Waals surface area (Å²) in [7, 11) is -1.09. The maximum absolute atomic E-state index is 11.3. The van der Waals surface area contributed by atoms with E-state index in [0.717, 1.165) is 72.1 Å². The van der Waals surface area contributed by atoms with Crippen molar-refractivity contribution < 1.29 is 26.7 Å². The fraction of sp³-hybridized carbons (Fsp3) is 0.459. The first-order valence-corrected chi connectivity index (χ1v) is 19.6. The van der Waals surface area contributed by atoms with Gasteiger partial charge in [0, 0.05) is 8.07 Å². The summed E-state index contributed by atoms with van der Waals surface area (Å²) in [6, 6.07) is 24.8. The second-order valence-electron chi connectivity index (χ2n) is 12.2. The summed E-state index contributed by atoms with van der Waals surface area (Å²) in [6.07, 6.45) is 11.1. The largest absolute Gasteiger partial charge is 2.00 e. The van der Waals surface area contributed by atoms with Gasteiger partial charge < -0.3 is 10.2 Å². The first-order valence-electron chi connectivity index (χ1n) is 15.9. The maximum atomic E-state index is 11.3. The Hall–Kier alpha value is -2.69. The van der Waals surface area contributed by atoms with Gasteiger partial charge in [-0.15, -0.1) is 11.5 Å². The van der Waals surface area contributed by atoms with Gasteiger partial charge in [0.15, 0.2) is 0 Å². The molecule has 0 fully saturated rings. The summed E-state index contributed by atoms with van der Waals surface area (Å²) < 4.78 is 0. The van der Waals surface area contributed by atoms with Crippen molar-refractivity contribution in [3.8, 4) is 11.5 Å². The summed E-state index contributed by atoms with van der Waals surface area (Å²) in [6.45, 7) is 13.5. The Morgan fingerprint density at radius 3 is 1.53 bits per heavy atom. The minimum atomic E-state index is -1.09. The quantitative estimate of drug-likeness (QED) is 0.0940. The van der Waals surface area contributed by atoms with Crippen molar-refractivity contribution in [2.75, 3.05) is 0 Å². The number of aryl methyl sites for hydroxylation is 2. The van der Waals surface area contributed by atoms with E-state index >= 15 is 0 Å². The third-order valence-electron chi connectivity index (χ3n) is 7.20. The predicted molar refractivity (Wildman–Crippen MR) is 182 cm³/mol. The molecule has 0 aliphatic carbocycles. The molecule has 0 aliphatic rings. The Bertz CT molecular complexity index is 1240. The molecule has 236 valence electrons. The van der Waals surface area contributed by atoms with Gasteiger partial charge >= 0.3 is 16.5 Å². The van der Waals surface area contributed by atoms with Gasteiger partial charge in [0.05, 0.1) is 22.8 Å². The molecule has 3 aromatic carbocycles. The van der Waals surface area contributed by atoms with Gasteiger partial charge in [-0.2, -0.15) is 0 Å². The third-order valence-corrected chi connectivity index (χ3v) is 8.95. The first kappa shape index (κ1) is 38.3. The van der Waals surface area contributed by atoms with E-state index in [-0.39, 0.29) is 28.0 Å². The van der Waals surface area contributed by atoms with Crippen molar-refractivity contribution in [1.82, 2.24) is 0 Å². The van der Waals surface area contributed by atoms with E-state index in [1.165, 1.54) is 38.2 Å². The topological polar surface area (TPSA) is 70.8 Å². The zero-order valence-corrected chi connectivity index (χ0v) is 29.2. The Balaban J connectivity index is 0.000000469. The summed E-state index contributed by atoms with van der Waals surface area (Å²) >= 11 is 0. The molecule has 0 spiro atoms. The van der Waals surface area contributed by atoms with Crippen molar-refractivity contribution in [2.24, 2.45) is 9.98 Å². The number of aliphatic imine (C=N–C) groups is 2. The molecule has 0 saturated carbocycles.